The molecule has 3 heterocycles. The van der Waals surface area contributed by atoms with Crippen LogP contribution in [-0.4, -0.2) is 67.7 Å². The number of rotatable bonds is 7. The van der Waals surface area contributed by atoms with Gasteiger partial charge in [-0.3, -0.25) is 4.79 Å². The van der Waals surface area contributed by atoms with Crippen molar-refractivity contribution in [1.82, 2.24) is 24.4 Å². The predicted octanol–water partition coefficient (Wildman–Crippen LogP) is 0.725. The summed E-state index contributed by atoms with van der Waals surface area (Å²) < 4.78 is 2.00. The number of carbonyl (C=O) groups excluding carboxylic acids is 1. The van der Waals surface area contributed by atoms with Crippen molar-refractivity contribution in [2.45, 2.75) is 38.3 Å². The van der Waals surface area contributed by atoms with E-state index in [0.29, 0.717) is 45.0 Å². The molecule has 0 aromatic carbocycles. The number of aliphatic hydroxyl groups is 1. The first kappa shape index (κ1) is 18.3. The lowest BCUT2D eigenvalue weighted by Crippen LogP contribution is -2.46. The number of carbonyl (C=O) groups is 1. The van der Waals surface area contributed by atoms with E-state index >= 15 is 0 Å². The van der Waals surface area contributed by atoms with Gasteiger partial charge in [0.2, 0.25) is 11.9 Å². The van der Waals surface area contributed by atoms with Crippen molar-refractivity contribution >= 4 is 11.9 Å². The van der Waals surface area contributed by atoms with Gasteiger partial charge in [-0.15, -0.1) is 0 Å². The summed E-state index contributed by atoms with van der Waals surface area (Å²) in [6.07, 6.45) is 8.86. The molecule has 0 bridgehead atoms. The number of hydrogen-bond acceptors (Lipinski definition) is 6. The van der Waals surface area contributed by atoms with Crippen molar-refractivity contribution in [3.63, 3.8) is 0 Å². The largest absolute Gasteiger partial charge is 0.386 e. The Morgan fingerprint density at radius 3 is 2.81 bits per heavy atom. The van der Waals surface area contributed by atoms with Crippen LogP contribution in [0.25, 0.3) is 0 Å². The highest BCUT2D eigenvalue weighted by Gasteiger charge is 2.38. The third-order valence-electron chi connectivity index (χ3n) is 4.81. The molecule has 1 aliphatic heterocycles. The minimum atomic E-state index is -0.937. The summed E-state index contributed by atoms with van der Waals surface area (Å²) in [5.41, 5.74) is -0.937. The Morgan fingerprint density at radius 2 is 2.08 bits per heavy atom. The summed E-state index contributed by atoms with van der Waals surface area (Å²) in [7, 11) is 1.75. The number of likely N-dealkylation sites (N-methyl/N-ethyl adjacent to an activating group) is 1. The Labute approximate surface area is 153 Å². The Hall–Kier alpha value is -2.48. The highest BCUT2D eigenvalue weighted by Crippen LogP contribution is 2.25. The maximum Gasteiger partial charge on any atom is 0.225 e. The molecule has 26 heavy (non-hydrogen) atoms. The predicted molar refractivity (Wildman–Crippen MR) is 97.7 cm³/mol. The molecule has 1 N–H and O–H groups in total. The summed E-state index contributed by atoms with van der Waals surface area (Å²) in [5.74, 6) is 1.61. The average Bonchev–Trinajstić information content (AvgIpc) is 3.26. The number of anilines is 1. The van der Waals surface area contributed by atoms with E-state index < -0.39 is 5.60 Å². The van der Waals surface area contributed by atoms with Gasteiger partial charge < -0.3 is 19.5 Å². The zero-order valence-electron chi connectivity index (χ0n) is 15.4. The molecule has 1 aliphatic rings. The molecule has 0 aliphatic carbocycles. The molecular formula is C18H26N6O2. The molecule has 8 nitrogen and oxygen atoms in total. The van der Waals surface area contributed by atoms with E-state index in [-0.39, 0.29) is 5.91 Å². The molecule has 1 atom stereocenters. The van der Waals surface area contributed by atoms with Gasteiger partial charge >= 0.3 is 0 Å². The molecule has 3 rings (SSSR count). The monoisotopic (exact) mass is 358 g/mol. The maximum atomic E-state index is 12.5. The van der Waals surface area contributed by atoms with Crippen LogP contribution in [0, 0.1) is 0 Å². The fraction of sp³-hybridized carbons (Fsp3) is 0.556. The molecule has 1 amide bonds. The van der Waals surface area contributed by atoms with E-state index in [4.69, 9.17) is 0 Å². The van der Waals surface area contributed by atoms with Crippen LogP contribution in [-0.2, 0) is 17.8 Å². The standard InChI is InChI=1S/C18H26N6O2/c1-3-15-19-9-12-23(15)10-5-16(25)22(2)13-18(26)6-11-24(14-18)17-20-7-4-8-21-17/h4,7-9,12,26H,3,5-6,10-11,13-14H2,1-2H3/t18-/m1/s1. The molecule has 0 saturated carbocycles. The highest BCUT2D eigenvalue weighted by molar-refractivity contribution is 5.75. The molecule has 0 radical (unpaired) electrons. The van der Waals surface area contributed by atoms with Crippen molar-refractivity contribution in [2.24, 2.45) is 0 Å². The Bertz CT molecular complexity index is 734. The lowest BCUT2D eigenvalue weighted by Gasteiger charge is -2.29. The van der Waals surface area contributed by atoms with Gasteiger partial charge in [0, 0.05) is 57.8 Å². The number of aromatic nitrogens is 4. The van der Waals surface area contributed by atoms with Crippen LogP contribution >= 0.6 is 0 Å². The zero-order chi connectivity index (χ0) is 18.6. The van der Waals surface area contributed by atoms with Gasteiger partial charge in [0.05, 0.1) is 13.1 Å². The average molecular weight is 358 g/mol. The fourth-order valence-corrected chi connectivity index (χ4v) is 3.41. The topological polar surface area (TPSA) is 87.4 Å². The number of hydrogen-bond donors (Lipinski definition) is 1. The van der Waals surface area contributed by atoms with Crippen molar-refractivity contribution in [1.29, 1.82) is 0 Å². The first-order chi connectivity index (χ1) is 12.5. The first-order valence-corrected chi connectivity index (χ1v) is 8.99. The Kier molecular flexibility index (Phi) is 5.51. The van der Waals surface area contributed by atoms with Gasteiger partial charge in [-0.2, -0.15) is 0 Å². The van der Waals surface area contributed by atoms with Gasteiger partial charge in [0.15, 0.2) is 0 Å². The van der Waals surface area contributed by atoms with Crippen molar-refractivity contribution in [2.75, 3.05) is 31.6 Å². The molecule has 2 aromatic rings. The minimum Gasteiger partial charge on any atom is -0.386 e. The van der Waals surface area contributed by atoms with E-state index in [0.717, 1.165) is 12.2 Å². The summed E-state index contributed by atoms with van der Waals surface area (Å²) in [4.78, 5) is 28.8. The summed E-state index contributed by atoms with van der Waals surface area (Å²) in [6, 6.07) is 1.77. The van der Waals surface area contributed by atoms with Crippen LogP contribution in [0.3, 0.4) is 0 Å². The second-order valence-electron chi connectivity index (χ2n) is 6.83. The minimum absolute atomic E-state index is 0.0172. The molecular weight excluding hydrogens is 332 g/mol. The number of amides is 1. The van der Waals surface area contributed by atoms with Gasteiger partial charge in [-0.05, 0) is 12.5 Å². The lowest BCUT2D eigenvalue weighted by atomic mass is 10.0. The third kappa shape index (κ3) is 4.19. The van der Waals surface area contributed by atoms with E-state index in [1.54, 1.807) is 36.6 Å². The molecule has 0 unspecified atom stereocenters. The quantitative estimate of drug-likeness (QED) is 0.785. The molecule has 140 valence electrons. The second-order valence-corrected chi connectivity index (χ2v) is 6.83. The van der Waals surface area contributed by atoms with E-state index in [1.807, 2.05) is 22.6 Å². The summed E-state index contributed by atoms with van der Waals surface area (Å²) >= 11 is 0. The van der Waals surface area contributed by atoms with Gasteiger partial charge in [-0.1, -0.05) is 6.92 Å². The lowest BCUT2D eigenvalue weighted by molar-refractivity contribution is -0.133. The second kappa shape index (κ2) is 7.82. The first-order valence-electron chi connectivity index (χ1n) is 8.99. The van der Waals surface area contributed by atoms with Gasteiger partial charge in [-0.25, -0.2) is 15.0 Å². The van der Waals surface area contributed by atoms with Gasteiger partial charge in [0.1, 0.15) is 11.4 Å². The summed E-state index contributed by atoms with van der Waals surface area (Å²) in [6.45, 7) is 4.06. The highest BCUT2D eigenvalue weighted by atomic mass is 16.3. The molecule has 1 fully saturated rings. The number of β-amino-alcohol motifs (C(OH)–C–C–N with tert-alkyl or cyclic N) is 1. The number of aryl methyl sites for hydroxylation is 2. The van der Waals surface area contributed by atoms with E-state index in [2.05, 4.69) is 15.0 Å². The van der Waals surface area contributed by atoms with Crippen molar-refractivity contribution in [3.8, 4) is 0 Å². The van der Waals surface area contributed by atoms with E-state index in [1.165, 1.54) is 0 Å². The summed E-state index contributed by atoms with van der Waals surface area (Å²) in [5, 5.41) is 10.9. The third-order valence-corrected chi connectivity index (χ3v) is 4.81. The van der Waals surface area contributed by atoms with Crippen LogP contribution in [0.2, 0.25) is 0 Å². The Morgan fingerprint density at radius 1 is 1.31 bits per heavy atom. The number of imidazole rings is 1. The van der Waals surface area contributed by atoms with Crippen molar-refractivity contribution in [3.05, 3.63) is 36.7 Å². The smallest absolute Gasteiger partial charge is 0.225 e. The fourth-order valence-electron chi connectivity index (χ4n) is 3.41. The maximum absolute atomic E-state index is 12.5. The number of nitrogens with zero attached hydrogens (tertiary/aromatic N) is 6. The molecule has 2 aromatic heterocycles. The van der Waals surface area contributed by atoms with Crippen LogP contribution in [0.5, 0.6) is 0 Å². The molecule has 8 heteroatoms. The zero-order valence-corrected chi connectivity index (χ0v) is 15.4. The SMILES string of the molecule is CCc1nccn1CCC(=O)N(C)C[C@]1(O)CCN(c2ncccn2)C1. The van der Waals surface area contributed by atoms with Gasteiger partial charge in [0.25, 0.3) is 0 Å². The van der Waals surface area contributed by atoms with Crippen LogP contribution in [0.1, 0.15) is 25.6 Å². The van der Waals surface area contributed by atoms with Crippen LogP contribution in [0.15, 0.2) is 30.9 Å². The van der Waals surface area contributed by atoms with Crippen molar-refractivity contribution < 1.29 is 9.90 Å². The Balaban J connectivity index is 1.52. The van der Waals surface area contributed by atoms with Crippen LogP contribution in [0.4, 0.5) is 5.95 Å². The molecule has 1 saturated heterocycles. The normalized spacial score (nSPS) is 19.7. The van der Waals surface area contributed by atoms with E-state index in [9.17, 15) is 9.90 Å². The molecule has 0 spiro atoms. The van der Waals surface area contributed by atoms with Crippen LogP contribution < -0.4 is 4.90 Å².